The van der Waals surface area contributed by atoms with Crippen molar-refractivity contribution in [3.05, 3.63) is 0 Å². The summed E-state index contributed by atoms with van der Waals surface area (Å²) in [7, 11) is 0. The van der Waals surface area contributed by atoms with Crippen LogP contribution in [-0.4, -0.2) is 44.8 Å². The number of rotatable bonds is 0. The van der Waals surface area contributed by atoms with Gasteiger partial charge in [-0.1, -0.05) is 0 Å². The summed E-state index contributed by atoms with van der Waals surface area (Å²) in [5, 5.41) is 33.8. The molecule has 5 heteroatoms. The maximum atomic E-state index is 8.45. The van der Waals surface area contributed by atoms with Gasteiger partial charge in [0, 0.05) is 6.15 Å². The van der Waals surface area contributed by atoms with E-state index in [-0.39, 0.29) is 30.6 Å². The fourth-order valence-electron chi connectivity index (χ4n) is 1.55. The van der Waals surface area contributed by atoms with E-state index < -0.39 is 0 Å². The van der Waals surface area contributed by atoms with E-state index in [1.807, 2.05) is 0 Å². The Hall–Kier alpha value is -0.200. The van der Waals surface area contributed by atoms with E-state index in [9.17, 15) is 0 Å². The lowest BCUT2D eigenvalue weighted by atomic mass is 9.97. The van der Waals surface area contributed by atoms with Crippen molar-refractivity contribution < 1.29 is 20.4 Å². The van der Waals surface area contributed by atoms with Crippen molar-refractivity contribution in [3.63, 3.8) is 0 Å². The van der Waals surface area contributed by atoms with Crippen LogP contribution in [0.4, 0.5) is 0 Å². The molecule has 0 aliphatic heterocycles. The molecule has 4 aliphatic carbocycles. The Bertz CT molecular complexity index is 176. The third-order valence-corrected chi connectivity index (χ3v) is 4.30. The summed E-state index contributed by atoms with van der Waals surface area (Å²) in [4.78, 5) is 0. The van der Waals surface area contributed by atoms with Crippen molar-refractivity contribution in [1.82, 2.24) is 6.15 Å². The molecule has 0 unspecified atom stereocenters. The lowest BCUT2D eigenvalue weighted by Crippen LogP contribution is -2.15. The quantitative estimate of drug-likeness (QED) is 0.545. The van der Waals surface area contributed by atoms with Gasteiger partial charge in [0.1, 0.15) is 0 Å². The average Bonchev–Trinajstić information content (AvgIpc) is 2.31. The van der Waals surface area contributed by atoms with Crippen molar-refractivity contribution in [2.24, 2.45) is 0 Å². The van der Waals surface area contributed by atoms with Crippen LogP contribution in [0, 0.1) is 0 Å². The Kier molecular flexibility index (Phi) is 12.2. The Morgan fingerprint density at radius 1 is 0.381 bits per heavy atom. The van der Waals surface area contributed by atoms with Crippen LogP contribution >= 0.6 is 0 Å². The first-order chi connectivity index (χ1) is 9.58. The molecule has 0 aromatic heterocycles. The zero-order chi connectivity index (χ0) is 14.8. The first kappa shape index (κ1) is 20.8. The molecule has 0 bridgehead atoms. The minimum atomic E-state index is 0. The molecule has 5 nitrogen and oxygen atoms in total. The molecule has 4 fully saturated rings. The van der Waals surface area contributed by atoms with Crippen LogP contribution in [0.2, 0.25) is 0 Å². The van der Waals surface area contributed by atoms with Gasteiger partial charge in [-0.2, -0.15) is 0 Å². The topological polar surface area (TPSA) is 111 Å². The van der Waals surface area contributed by atoms with E-state index in [0.717, 1.165) is 51.4 Å². The Morgan fingerprint density at radius 2 is 0.476 bits per heavy atom. The van der Waals surface area contributed by atoms with Gasteiger partial charge >= 0.3 is 0 Å². The Balaban J connectivity index is 0.000000250. The molecule has 0 aromatic rings. The number of aliphatic hydroxyl groups excluding tert-OH is 4. The molecule has 0 aromatic carbocycles. The molecular formula is C16H32NO4. The van der Waals surface area contributed by atoms with Crippen molar-refractivity contribution in [2.45, 2.75) is 101 Å². The van der Waals surface area contributed by atoms with Gasteiger partial charge in [0.2, 0.25) is 0 Å². The molecular weight excluding hydrogens is 270 g/mol. The standard InChI is InChI=1S/4C4H8O.N/c4*5-4-2-1-3-4;/h4*4-5H,1-3H2;. The minimum absolute atomic E-state index is 0. The Morgan fingerprint density at radius 3 is 0.476 bits per heavy atom. The SMILES string of the molecule is OC1CCC1.OC1CCC1.OC1CCC1.OC1CCC1.[N]. The van der Waals surface area contributed by atoms with Gasteiger partial charge < -0.3 is 20.4 Å². The van der Waals surface area contributed by atoms with Gasteiger partial charge in [0.05, 0.1) is 24.4 Å². The molecule has 3 radical (unpaired) electrons. The second kappa shape index (κ2) is 12.4. The van der Waals surface area contributed by atoms with Gasteiger partial charge in [0.25, 0.3) is 0 Å². The van der Waals surface area contributed by atoms with Crippen molar-refractivity contribution in [2.75, 3.05) is 0 Å². The van der Waals surface area contributed by atoms with Gasteiger partial charge in [-0.15, -0.1) is 0 Å². The smallest absolute Gasteiger partial charge is 0.0540 e. The largest absolute Gasteiger partial charge is 0.393 e. The van der Waals surface area contributed by atoms with Crippen molar-refractivity contribution in [3.8, 4) is 0 Å². The molecule has 0 spiro atoms. The van der Waals surface area contributed by atoms with E-state index in [4.69, 9.17) is 20.4 Å². The van der Waals surface area contributed by atoms with Crippen molar-refractivity contribution in [1.29, 1.82) is 0 Å². The fraction of sp³-hybridized carbons (Fsp3) is 1.00. The molecule has 0 amide bonds. The van der Waals surface area contributed by atoms with Crippen LogP contribution < -0.4 is 6.15 Å². The van der Waals surface area contributed by atoms with Crippen molar-refractivity contribution >= 4 is 0 Å². The highest BCUT2D eigenvalue weighted by molar-refractivity contribution is 4.66. The van der Waals surface area contributed by atoms with Crippen LogP contribution in [0.15, 0.2) is 0 Å². The lowest BCUT2D eigenvalue weighted by Gasteiger charge is -2.17. The van der Waals surface area contributed by atoms with Gasteiger partial charge in [-0.3, -0.25) is 0 Å². The van der Waals surface area contributed by atoms with E-state index >= 15 is 0 Å². The normalized spacial score (nSPS) is 24.6. The molecule has 4 aliphatic rings. The molecule has 0 atom stereocenters. The van der Waals surface area contributed by atoms with E-state index in [0.29, 0.717) is 0 Å². The van der Waals surface area contributed by atoms with Crippen LogP contribution in [0.1, 0.15) is 77.0 Å². The first-order valence-electron chi connectivity index (χ1n) is 8.30. The summed E-state index contributed by atoms with van der Waals surface area (Å²) in [5.41, 5.74) is 0. The molecule has 0 heterocycles. The number of hydrogen-bond donors (Lipinski definition) is 4. The van der Waals surface area contributed by atoms with Crippen LogP contribution in [0.25, 0.3) is 0 Å². The summed E-state index contributed by atoms with van der Waals surface area (Å²) < 4.78 is 0. The predicted molar refractivity (Wildman–Crippen MR) is 81.6 cm³/mol. The molecule has 4 N–H and O–H groups in total. The highest BCUT2D eigenvalue weighted by Gasteiger charge is 2.12. The zero-order valence-electron chi connectivity index (χ0n) is 13.0. The third-order valence-electron chi connectivity index (χ3n) is 4.30. The van der Waals surface area contributed by atoms with Crippen LogP contribution in [0.3, 0.4) is 0 Å². The first-order valence-corrected chi connectivity index (χ1v) is 8.30. The van der Waals surface area contributed by atoms with Gasteiger partial charge in [-0.25, -0.2) is 0 Å². The minimum Gasteiger partial charge on any atom is -0.393 e. The second-order valence-electron chi connectivity index (χ2n) is 6.34. The number of nitrogens with zero attached hydrogens (tertiary/aromatic N) is 1. The molecule has 0 saturated heterocycles. The number of hydrogen-bond acceptors (Lipinski definition) is 4. The zero-order valence-corrected chi connectivity index (χ0v) is 13.0. The average molecular weight is 302 g/mol. The van der Waals surface area contributed by atoms with E-state index in [1.165, 1.54) is 25.7 Å². The number of aliphatic hydroxyl groups is 4. The second-order valence-corrected chi connectivity index (χ2v) is 6.34. The van der Waals surface area contributed by atoms with E-state index in [1.54, 1.807) is 0 Å². The fourth-order valence-corrected chi connectivity index (χ4v) is 1.55. The Labute approximate surface area is 129 Å². The summed E-state index contributed by atoms with van der Waals surface area (Å²) in [6.45, 7) is 0. The summed E-state index contributed by atoms with van der Waals surface area (Å²) in [6, 6.07) is 0. The summed E-state index contributed by atoms with van der Waals surface area (Å²) in [6.07, 6.45) is 13.5. The van der Waals surface area contributed by atoms with E-state index in [2.05, 4.69) is 0 Å². The highest BCUT2D eigenvalue weighted by atomic mass is 16.3. The molecule has 125 valence electrons. The molecule has 4 rings (SSSR count). The highest BCUT2D eigenvalue weighted by Crippen LogP contribution is 2.17. The van der Waals surface area contributed by atoms with Gasteiger partial charge in [0.15, 0.2) is 0 Å². The lowest BCUT2D eigenvalue weighted by molar-refractivity contribution is 0.0947. The maximum Gasteiger partial charge on any atom is 0.0540 e. The molecule has 4 saturated carbocycles. The maximum absolute atomic E-state index is 8.45. The van der Waals surface area contributed by atoms with Gasteiger partial charge in [-0.05, 0) is 77.0 Å². The monoisotopic (exact) mass is 302 g/mol. The van der Waals surface area contributed by atoms with Crippen LogP contribution in [0.5, 0.6) is 0 Å². The summed E-state index contributed by atoms with van der Waals surface area (Å²) in [5.74, 6) is 0. The molecule has 21 heavy (non-hydrogen) atoms. The summed E-state index contributed by atoms with van der Waals surface area (Å²) >= 11 is 0. The third kappa shape index (κ3) is 11.1. The van der Waals surface area contributed by atoms with Crippen LogP contribution in [-0.2, 0) is 0 Å². The predicted octanol–water partition coefficient (Wildman–Crippen LogP) is 1.64.